The molecule has 1 aliphatic carbocycles. The van der Waals surface area contributed by atoms with Gasteiger partial charge in [0.2, 0.25) is 11.8 Å². The summed E-state index contributed by atoms with van der Waals surface area (Å²) in [6.45, 7) is 1.47. The van der Waals surface area contributed by atoms with Crippen LogP contribution in [0.2, 0.25) is 0 Å². The van der Waals surface area contributed by atoms with Crippen molar-refractivity contribution in [1.82, 2.24) is 14.8 Å². The Hall–Kier alpha value is -2.35. The Labute approximate surface area is 137 Å². The maximum atomic E-state index is 11.2. The van der Waals surface area contributed by atoms with Gasteiger partial charge in [0.15, 0.2) is 5.16 Å². The molecule has 8 heteroatoms. The summed E-state index contributed by atoms with van der Waals surface area (Å²) >= 11 is 1.26. The van der Waals surface area contributed by atoms with Crippen LogP contribution in [0.15, 0.2) is 29.4 Å². The summed E-state index contributed by atoms with van der Waals surface area (Å²) in [6.07, 6.45) is 2.17. The standard InChI is InChI=1S/C15H17N5O2S/c1-9(21)17-11-3-2-4-12(7-11)20-14(10-5-6-10)18-19-15(20)23-8-13(16)22/h2-4,7,10H,5-6,8H2,1H3,(H2,16,22)(H,17,21). The third-order valence-electron chi connectivity index (χ3n) is 3.37. The number of primary amides is 1. The molecule has 120 valence electrons. The first-order valence-corrected chi connectivity index (χ1v) is 8.27. The predicted molar refractivity (Wildman–Crippen MR) is 87.6 cm³/mol. The minimum atomic E-state index is -0.399. The molecule has 1 heterocycles. The molecule has 2 amide bonds. The molecule has 3 N–H and O–H groups in total. The summed E-state index contributed by atoms with van der Waals surface area (Å²) in [5, 5.41) is 11.9. The Balaban J connectivity index is 1.97. The molecular weight excluding hydrogens is 314 g/mol. The average Bonchev–Trinajstić information content (AvgIpc) is 3.24. The van der Waals surface area contributed by atoms with Crippen molar-refractivity contribution in [2.24, 2.45) is 5.73 Å². The smallest absolute Gasteiger partial charge is 0.227 e. The zero-order valence-electron chi connectivity index (χ0n) is 12.7. The molecule has 0 unspecified atom stereocenters. The number of carbonyl (C=O) groups excluding carboxylic acids is 2. The molecule has 1 aromatic heterocycles. The first-order chi connectivity index (χ1) is 11.0. The quantitative estimate of drug-likeness (QED) is 0.784. The third kappa shape index (κ3) is 3.70. The lowest BCUT2D eigenvalue weighted by atomic mass is 10.2. The molecule has 0 spiro atoms. The SMILES string of the molecule is CC(=O)Nc1cccc(-n2c(SCC(N)=O)nnc2C2CC2)c1. The van der Waals surface area contributed by atoms with Crippen molar-refractivity contribution in [1.29, 1.82) is 0 Å². The monoisotopic (exact) mass is 331 g/mol. The predicted octanol–water partition coefficient (Wildman–Crippen LogP) is 1.68. The van der Waals surface area contributed by atoms with Crippen LogP contribution in [0.3, 0.4) is 0 Å². The second kappa shape index (κ2) is 6.41. The zero-order chi connectivity index (χ0) is 16.4. The lowest BCUT2D eigenvalue weighted by molar-refractivity contribution is -0.116. The number of aromatic nitrogens is 3. The van der Waals surface area contributed by atoms with Crippen LogP contribution in [-0.2, 0) is 9.59 Å². The second-order valence-corrected chi connectivity index (χ2v) is 6.38. The van der Waals surface area contributed by atoms with E-state index in [4.69, 9.17) is 5.73 Å². The normalized spacial score (nSPS) is 13.8. The van der Waals surface area contributed by atoms with E-state index in [9.17, 15) is 9.59 Å². The van der Waals surface area contributed by atoms with E-state index in [0.717, 1.165) is 24.4 Å². The third-order valence-corrected chi connectivity index (χ3v) is 4.32. The van der Waals surface area contributed by atoms with Crippen LogP contribution in [-0.4, -0.2) is 32.3 Å². The molecule has 0 bridgehead atoms. The zero-order valence-corrected chi connectivity index (χ0v) is 13.5. The van der Waals surface area contributed by atoms with Crippen LogP contribution in [0.4, 0.5) is 5.69 Å². The van der Waals surface area contributed by atoms with Crippen LogP contribution in [0, 0.1) is 0 Å². The van der Waals surface area contributed by atoms with E-state index in [1.54, 1.807) is 0 Å². The number of nitrogens with two attached hydrogens (primary N) is 1. The lowest BCUT2D eigenvalue weighted by Gasteiger charge is -2.11. The molecular formula is C15H17N5O2S. The molecule has 1 fully saturated rings. The van der Waals surface area contributed by atoms with Crippen molar-refractivity contribution in [3.63, 3.8) is 0 Å². The number of hydrogen-bond donors (Lipinski definition) is 2. The minimum absolute atomic E-state index is 0.128. The maximum absolute atomic E-state index is 11.2. The first-order valence-electron chi connectivity index (χ1n) is 7.29. The highest BCUT2D eigenvalue weighted by atomic mass is 32.2. The first kappa shape index (κ1) is 15.5. The maximum Gasteiger partial charge on any atom is 0.227 e. The highest BCUT2D eigenvalue weighted by Gasteiger charge is 2.31. The molecule has 1 aliphatic rings. The Bertz CT molecular complexity index is 754. The van der Waals surface area contributed by atoms with Gasteiger partial charge in [0, 0.05) is 18.5 Å². The van der Waals surface area contributed by atoms with E-state index in [0.29, 0.717) is 16.8 Å². The van der Waals surface area contributed by atoms with Gasteiger partial charge in [-0.05, 0) is 31.0 Å². The van der Waals surface area contributed by atoms with Crippen LogP contribution < -0.4 is 11.1 Å². The van der Waals surface area contributed by atoms with Gasteiger partial charge >= 0.3 is 0 Å². The number of nitrogens with zero attached hydrogens (tertiary/aromatic N) is 3. The van der Waals surface area contributed by atoms with Crippen molar-refractivity contribution >= 4 is 29.3 Å². The highest BCUT2D eigenvalue weighted by molar-refractivity contribution is 7.99. The highest BCUT2D eigenvalue weighted by Crippen LogP contribution is 2.41. The van der Waals surface area contributed by atoms with Crippen molar-refractivity contribution in [3.05, 3.63) is 30.1 Å². The number of benzene rings is 1. The molecule has 1 aromatic carbocycles. The summed E-state index contributed by atoms with van der Waals surface area (Å²) in [5.74, 6) is 0.904. The van der Waals surface area contributed by atoms with E-state index < -0.39 is 5.91 Å². The van der Waals surface area contributed by atoms with Gasteiger partial charge in [0.25, 0.3) is 0 Å². The Morgan fingerprint density at radius 3 is 2.83 bits per heavy atom. The minimum Gasteiger partial charge on any atom is -0.369 e. The Morgan fingerprint density at radius 1 is 1.39 bits per heavy atom. The lowest BCUT2D eigenvalue weighted by Crippen LogP contribution is -2.14. The Kier molecular flexibility index (Phi) is 4.33. The number of hydrogen-bond acceptors (Lipinski definition) is 5. The molecule has 23 heavy (non-hydrogen) atoms. The largest absolute Gasteiger partial charge is 0.369 e. The summed E-state index contributed by atoms with van der Waals surface area (Å²) in [6, 6.07) is 7.47. The van der Waals surface area contributed by atoms with Crippen LogP contribution in [0.25, 0.3) is 5.69 Å². The van der Waals surface area contributed by atoms with Crippen LogP contribution in [0.1, 0.15) is 31.5 Å². The van der Waals surface area contributed by atoms with Crippen LogP contribution >= 0.6 is 11.8 Å². The van der Waals surface area contributed by atoms with Gasteiger partial charge in [-0.25, -0.2) is 0 Å². The van der Waals surface area contributed by atoms with Gasteiger partial charge in [-0.15, -0.1) is 10.2 Å². The number of rotatable bonds is 6. The number of amides is 2. The number of anilines is 1. The Morgan fingerprint density at radius 2 is 2.17 bits per heavy atom. The second-order valence-electron chi connectivity index (χ2n) is 5.44. The molecule has 2 aromatic rings. The van der Waals surface area contributed by atoms with Gasteiger partial charge in [0.05, 0.1) is 11.4 Å². The molecule has 0 saturated heterocycles. The van der Waals surface area contributed by atoms with Crippen molar-refractivity contribution < 1.29 is 9.59 Å². The van der Waals surface area contributed by atoms with E-state index in [-0.39, 0.29) is 11.7 Å². The molecule has 7 nitrogen and oxygen atoms in total. The number of nitrogens with one attached hydrogen (secondary N) is 1. The number of carbonyl (C=O) groups is 2. The van der Waals surface area contributed by atoms with Gasteiger partial charge < -0.3 is 11.1 Å². The summed E-state index contributed by atoms with van der Waals surface area (Å²) < 4.78 is 1.94. The molecule has 3 rings (SSSR count). The van der Waals surface area contributed by atoms with Crippen molar-refractivity contribution in [3.8, 4) is 5.69 Å². The van der Waals surface area contributed by atoms with Crippen molar-refractivity contribution in [2.75, 3.05) is 11.1 Å². The molecule has 1 saturated carbocycles. The molecule has 0 atom stereocenters. The summed E-state index contributed by atoms with van der Waals surface area (Å²) in [4.78, 5) is 22.3. The van der Waals surface area contributed by atoms with Gasteiger partial charge in [-0.1, -0.05) is 17.8 Å². The topological polar surface area (TPSA) is 103 Å². The van der Waals surface area contributed by atoms with E-state index in [1.807, 2.05) is 28.8 Å². The summed E-state index contributed by atoms with van der Waals surface area (Å²) in [7, 11) is 0. The summed E-state index contributed by atoms with van der Waals surface area (Å²) in [5.41, 5.74) is 6.78. The van der Waals surface area contributed by atoms with Crippen molar-refractivity contribution in [2.45, 2.75) is 30.8 Å². The molecule has 0 radical (unpaired) electrons. The molecule has 0 aliphatic heterocycles. The van der Waals surface area contributed by atoms with Gasteiger partial charge in [0.1, 0.15) is 5.82 Å². The fourth-order valence-electron chi connectivity index (χ4n) is 2.29. The van der Waals surface area contributed by atoms with Gasteiger partial charge in [-0.3, -0.25) is 14.2 Å². The fourth-order valence-corrected chi connectivity index (χ4v) is 2.98. The van der Waals surface area contributed by atoms with E-state index in [1.165, 1.54) is 18.7 Å². The number of thioether (sulfide) groups is 1. The van der Waals surface area contributed by atoms with Crippen LogP contribution in [0.5, 0.6) is 0 Å². The fraction of sp³-hybridized carbons (Fsp3) is 0.333. The van der Waals surface area contributed by atoms with Gasteiger partial charge in [-0.2, -0.15) is 0 Å². The average molecular weight is 331 g/mol. The van der Waals surface area contributed by atoms with E-state index >= 15 is 0 Å². The van der Waals surface area contributed by atoms with E-state index in [2.05, 4.69) is 15.5 Å².